The molecule has 1 N–H and O–H groups in total. The zero-order chi connectivity index (χ0) is 14.7. The molecule has 2 aromatic carbocycles. The lowest BCUT2D eigenvalue weighted by atomic mass is 10.1. The third-order valence-corrected chi connectivity index (χ3v) is 3.66. The van der Waals surface area contributed by atoms with Crippen LogP contribution in [0.25, 0.3) is 0 Å². The molecular weight excluding hydrogens is 266 g/mol. The molecule has 0 saturated carbocycles. The van der Waals surface area contributed by atoms with Gasteiger partial charge in [0.25, 0.3) is 0 Å². The van der Waals surface area contributed by atoms with E-state index < -0.39 is 5.97 Å². The zero-order valence-electron chi connectivity index (χ0n) is 11.7. The summed E-state index contributed by atoms with van der Waals surface area (Å²) in [5, 5.41) is 8.94. The highest BCUT2D eigenvalue weighted by molar-refractivity contribution is 5.87. The van der Waals surface area contributed by atoms with Gasteiger partial charge in [-0.1, -0.05) is 30.3 Å². The molecule has 0 aromatic heterocycles. The van der Waals surface area contributed by atoms with E-state index >= 15 is 0 Å². The molecule has 1 aliphatic heterocycles. The Morgan fingerprint density at radius 3 is 2.48 bits per heavy atom. The van der Waals surface area contributed by atoms with Crippen LogP contribution in [0, 0.1) is 0 Å². The number of hydrogen-bond acceptors (Lipinski definition) is 3. The topological polar surface area (TPSA) is 49.8 Å². The van der Waals surface area contributed by atoms with Crippen LogP contribution in [0.2, 0.25) is 0 Å². The van der Waals surface area contributed by atoms with Gasteiger partial charge in [-0.25, -0.2) is 4.79 Å². The largest absolute Gasteiger partial charge is 0.492 e. The fraction of sp³-hybridized carbons (Fsp3) is 0.235. The first-order valence-corrected chi connectivity index (χ1v) is 6.98. The van der Waals surface area contributed by atoms with Gasteiger partial charge >= 0.3 is 5.97 Å². The predicted molar refractivity (Wildman–Crippen MR) is 79.5 cm³/mol. The molecule has 0 saturated heterocycles. The highest BCUT2D eigenvalue weighted by Crippen LogP contribution is 2.21. The molecule has 0 amide bonds. The SMILES string of the molecule is O=C(O)c1cccc(OCCN2Cc3ccccc3C2)c1. The summed E-state index contributed by atoms with van der Waals surface area (Å²) in [4.78, 5) is 13.2. The van der Waals surface area contributed by atoms with E-state index in [0.29, 0.717) is 12.4 Å². The number of fused-ring (bicyclic) bond motifs is 1. The molecule has 0 fully saturated rings. The molecule has 2 aromatic rings. The number of carboxylic acid groups (broad SMARTS) is 1. The summed E-state index contributed by atoms with van der Waals surface area (Å²) < 4.78 is 5.65. The van der Waals surface area contributed by atoms with Gasteiger partial charge in [0.1, 0.15) is 12.4 Å². The van der Waals surface area contributed by atoms with E-state index in [2.05, 4.69) is 29.2 Å². The molecule has 108 valence electrons. The maximum Gasteiger partial charge on any atom is 0.335 e. The quantitative estimate of drug-likeness (QED) is 0.916. The molecular formula is C17H17NO3. The number of nitrogens with zero attached hydrogens (tertiary/aromatic N) is 1. The van der Waals surface area contributed by atoms with E-state index in [1.165, 1.54) is 11.1 Å². The van der Waals surface area contributed by atoms with Gasteiger partial charge in [0.15, 0.2) is 0 Å². The highest BCUT2D eigenvalue weighted by atomic mass is 16.5. The van der Waals surface area contributed by atoms with Crippen molar-refractivity contribution in [1.82, 2.24) is 4.90 Å². The zero-order valence-corrected chi connectivity index (χ0v) is 11.7. The van der Waals surface area contributed by atoms with Crippen molar-refractivity contribution in [3.05, 3.63) is 65.2 Å². The fourth-order valence-corrected chi connectivity index (χ4v) is 2.57. The second kappa shape index (κ2) is 5.97. The third-order valence-electron chi connectivity index (χ3n) is 3.66. The predicted octanol–water partition coefficient (Wildman–Crippen LogP) is 2.78. The first-order valence-electron chi connectivity index (χ1n) is 6.98. The van der Waals surface area contributed by atoms with Gasteiger partial charge in [0, 0.05) is 19.6 Å². The van der Waals surface area contributed by atoms with Crippen molar-refractivity contribution in [3.8, 4) is 5.75 Å². The molecule has 4 heteroatoms. The summed E-state index contributed by atoms with van der Waals surface area (Å²) in [6.45, 7) is 3.28. The lowest BCUT2D eigenvalue weighted by Gasteiger charge is -2.15. The molecule has 0 atom stereocenters. The van der Waals surface area contributed by atoms with Gasteiger partial charge in [-0.2, -0.15) is 0 Å². The van der Waals surface area contributed by atoms with Gasteiger partial charge in [-0.15, -0.1) is 0 Å². The van der Waals surface area contributed by atoms with Gasteiger partial charge in [-0.05, 0) is 29.3 Å². The van der Waals surface area contributed by atoms with Crippen molar-refractivity contribution >= 4 is 5.97 Å². The summed E-state index contributed by atoms with van der Waals surface area (Å²) in [6, 6.07) is 15.1. The summed E-state index contributed by atoms with van der Waals surface area (Å²) in [6.07, 6.45) is 0. The Hall–Kier alpha value is -2.33. The van der Waals surface area contributed by atoms with E-state index in [1.54, 1.807) is 24.3 Å². The van der Waals surface area contributed by atoms with Crippen LogP contribution >= 0.6 is 0 Å². The first-order chi connectivity index (χ1) is 10.2. The van der Waals surface area contributed by atoms with E-state index in [0.717, 1.165) is 19.6 Å². The monoisotopic (exact) mass is 283 g/mol. The number of carbonyl (C=O) groups is 1. The van der Waals surface area contributed by atoms with E-state index in [-0.39, 0.29) is 5.56 Å². The second-order valence-electron chi connectivity index (χ2n) is 5.16. The third kappa shape index (κ3) is 3.23. The highest BCUT2D eigenvalue weighted by Gasteiger charge is 2.17. The van der Waals surface area contributed by atoms with Crippen LogP contribution in [0.5, 0.6) is 5.75 Å². The number of hydrogen-bond donors (Lipinski definition) is 1. The van der Waals surface area contributed by atoms with Gasteiger partial charge < -0.3 is 9.84 Å². The van der Waals surface area contributed by atoms with Crippen molar-refractivity contribution in [1.29, 1.82) is 0 Å². The average molecular weight is 283 g/mol. The molecule has 1 heterocycles. The Bertz CT molecular complexity index is 629. The lowest BCUT2D eigenvalue weighted by Crippen LogP contribution is -2.22. The van der Waals surface area contributed by atoms with E-state index in [1.807, 2.05) is 0 Å². The molecule has 21 heavy (non-hydrogen) atoms. The minimum Gasteiger partial charge on any atom is -0.492 e. The van der Waals surface area contributed by atoms with Crippen molar-refractivity contribution in [2.24, 2.45) is 0 Å². The van der Waals surface area contributed by atoms with E-state index in [4.69, 9.17) is 9.84 Å². The van der Waals surface area contributed by atoms with E-state index in [9.17, 15) is 4.79 Å². The smallest absolute Gasteiger partial charge is 0.335 e. The molecule has 3 rings (SSSR count). The molecule has 0 bridgehead atoms. The Kier molecular flexibility index (Phi) is 3.88. The Labute approximate surface area is 123 Å². The van der Waals surface area contributed by atoms with Crippen LogP contribution in [-0.4, -0.2) is 29.1 Å². The second-order valence-corrected chi connectivity index (χ2v) is 5.16. The maximum absolute atomic E-state index is 10.9. The minimum absolute atomic E-state index is 0.251. The molecule has 0 radical (unpaired) electrons. The van der Waals surface area contributed by atoms with Crippen LogP contribution in [0.1, 0.15) is 21.5 Å². The molecule has 0 spiro atoms. The first kappa shape index (κ1) is 13.6. The van der Waals surface area contributed by atoms with Crippen molar-refractivity contribution in [3.63, 3.8) is 0 Å². The van der Waals surface area contributed by atoms with Gasteiger partial charge in [-0.3, -0.25) is 4.90 Å². The standard InChI is InChI=1S/C17H17NO3/c19-17(20)13-6-3-7-16(10-13)21-9-8-18-11-14-4-1-2-5-15(14)12-18/h1-7,10H,8-9,11-12H2,(H,19,20). The van der Waals surface area contributed by atoms with Crippen LogP contribution in [0.4, 0.5) is 0 Å². The average Bonchev–Trinajstić information content (AvgIpc) is 2.90. The summed E-state index contributed by atoms with van der Waals surface area (Å²) >= 11 is 0. The lowest BCUT2D eigenvalue weighted by molar-refractivity contribution is 0.0696. The number of aromatic carboxylic acids is 1. The Balaban J connectivity index is 1.51. The van der Waals surface area contributed by atoms with Gasteiger partial charge in [0.05, 0.1) is 5.56 Å². The Morgan fingerprint density at radius 1 is 1.10 bits per heavy atom. The molecule has 0 unspecified atom stereocenters. The van der Waals surface area contributed by atoms with Crippen LogP contribution < -0.4 is 4.74 Å². The number of benzene rings is 2. The maximum atomic E-state index is 10.9. The fourth-order valence-electron chi connectivity index (χ4n) is 2.57. The van der Waals surface area contributed by atoms with Gasteiger partial charge in [0.2, 0.25) is 0 Å². The summed E-state index contributed by atoms with van der Waals surface area (Å²) in [7, 11) is 0. The molecule has 1 aliphatic rings. The van der Waals surface area contributed by atoms with Crippen molar-refractivity contribution in [2.45, 2.75) is 13.1 Å². The molecule has 0 aliphatic carbocycles. The van der Waals surface area contributed by atoms with Crippen LogP contribution in [0.3, 0.4) is 0 Å². The van der Waals surface area contributed by atoms with Crippen LogP contribution in [0.15, 0.2) is 48.5 Å². The van der Waals surface area contributed by atoms with Crippen molar-refractivity contribution in [2.75, 3.05) is 13.2 Å². The number of rotatable bonds is 5. The summed E-state index contributed by atoms with van der Waals surface area (Å²) in [5.41, 5.74) is 3.01. The Morgan fingerprint density at radius 2 is 1.81 bits per heavy atom. The van der Waals surface area contributed by atoms with Crippen LogP contribution in [-0.2, 0) is 13.1 Å². The normalized spacial score (nSPS) is 13.9. The minimum atomic E-state index is -0.935. The van der Waals surface area contributed by atoms with Crippen molar-refractivity contribution < 1.29 is 14.6 Å². The number of carboxylic acids is 1. The molecule has 4 nitrogen and oxygen atoms in total. The summed E-state index contributed by atoms with van der Waals surface area (Å²) in [5.74, 6) is -0.331. The number of ether oxygens (including phenoxy) is 1.